The average molecular weight is 560 g/mol. The van der Waals surface area contributed by atoms with Crippen molar-refractivity contribution >= 4 is 35.8 Å². The molecule has 2 fully saturated rings. The zero-order valence-corrected chi connectivity index (χ0v) is 21.7. The van der Waals surface area contributed by atoms with Crippen LogP contribution >= 0.6 is 24.0 Å². The number of benzene rings is 1. The molecule has 2 heterocycles. The van der Waals surface area contributed by atoms with E-state index in [9.17, 15) is 4.79 Å². The summed E-state index contributed by atoms with van der Waals surface area (Å²) in [6.07, 6.45) is 1.67. The van der Waals surface area contributed by atoms with E-state index in [-0.39, 0.29) is 41.9 Å². The van der Waals surface area contributed by atoms with Gasteiger partial charge in [0.1, 0.15) is 17.6 Å². The fraction of sp³-hybridized carbons (Fsp3) is 0.652. The van der Waals surface area contributed by atoms with E-state index in [4.69, 9.17) is 19.2 Å². The minimum absolute atomic E-state index is 0. The number of morpholine rings is 1. The standard InChI is InChI=1S/C23H36N4O4.HI/c1-4-24-23(25-17-18(2)31-21-7-5-20(29-3)6-8-21)27-11-9-19(10-12-27)22(28)26-13-15-30-16-14-26;/h5-8,18-19H,4,9-17H2,1-3H3,(H,24,25);1H. The van der Waals surface area contributed by atoms with E-state index < -0.39 is 0 Å². The van der Waals surface area contributed by atoms with Gasteiger partial charge in [0.15, 0.2) is 5.96 Å². The molecule has 2 saturated heterocycles. The van der Waals surface area contributed by atoms with Crippen molar-refractivity contribution in [2.24, 2.45) is 10.9 Å². The van der Waals surface area contributed by atoms with E-state index in [0.29, 0.717) is 19.8 Å². The number of hydrogen-bond donors (Lipinski definition) is 1. The smallest absolute Gasteiger partial charge is 0.225 e. The van der Waals surface area contributed by atoms with Crippen molar-refractivity contribution in [3.05, 3.63) is 24.3 Å². The van der Waals surface area contributed by atoms with Crippen molar-refractivity contribution in [1.29, 1.82) is 0 Å². The zero-order valence-electron chi connectivity index (χ0n) is 19.4. The first kappa shape index (κ1) is 26.5. The summed E-state index contributed by atoms with van der Waals surface area (Å²) >= 11 is 0. The molecule has 32 heavy (non-hydrogen) atoms. The van der Waals surface area contributed by atoms with Crippen LogP contribution in [0.15, 0.2) is 29.3 Å². The Balaban J connectivity index is 0.00000363. The van der Waals surface area contributed by atoms with Crippen LogP contribution in [0.1, 0.15) is 26.7 Å². The molecule has 1 atom stereocenters. The Labute approximate surface area is 208 Å². The van der Waals surface area contributed by atoms with Gasteiger partial charge in [-0.1, -0.05) is 0 Å². The molecule has 1 aromatic carbocycles. The maximum atomic E-state index is 12.8. The maximum absolute atomic E-state index is 12.8. The van der Waals surface area contributed by atoms with Gasteiger partial charge in [0.2, 0.25) is 5.91 Å². The van der Waals surface area contributed by atoms with Crippen LogP contribution in [-0.2, 0) is 9.53 Å². The lowest BCUT2D eigenvalue weighted by molar-refractivity contribution is -0.140. The molecule has 3 rings (SSSR count). The number of carbonyl (C=O) groups is 1. The Morgan fingerprint density at radius 3 is 2.34 bits per heavy atom. The van der Waals surface area contributed by atoms with Gasteiger partial charge < -0.3 is 29.3 Å². The van der Waals surface area contributed by atoms with Crippen LogP contribution in [0.2, 0.25) is 0 Å². The molecule has 2 aliphatic heterocycles. The quantitative estimate of drug-likeness (QED) is 0.314. The van der Waals surface area contributed by atoms with E-state index in [1.54, 1.807) is 7.11 Å². The fourth-order valence-electron chi connectivity index (χ4n) is 3.94. The number of halogens is 1. The fourth-order valence-corrected chi connectivity index (χ4v) is 3.94. The van der Waals surface area contributed by atoms with Gasteiger partial charge in [-0.3, -0.25) is 4.79 Å². The SMILES string of the molecule is CCNC(=NCC(C)Oc1ccc(OC)cc1)N1CCC(C(=O)N2CCOCC2)CC1.I. The average Bonchev–Trinajstić information content (AvgIpc) is 2.82. The second-order valence-electron chi connectivity index (χ2n) is 8.00. The van der Waals surface area contributed by atoms with Crippen LogP contribution in [0.5, 0.6) is 11.5 Å². The molecule has 2 aliphatic rings. The molecule has 1 unspecified atom stereocenters. The monoisotopic (exact) mass is 560 g/mol. The summed E-state index contributed by atoms with van der Waals surface area (Å²) in [5.74, 6) is 2.89. The highest BCUT2D eigenvalue weighted by atomic mass is 127. The predicted octanol–water partition coefficient (Wildman–Crippen LogP) is 2.62. The van der Waals surface area contributed by atoms with E-state index in [0.717, 1.165) is 63.0 Å². The van der Waals surface area contributed by atoms with E-state index in [1.807, 2.05) is 36.1 Å². The molecule has 0 bridgehead atoms. The number of likely N-dealkylation sites (tertiary alicyclic amines) is 1. The summed E-state index contributed by atoms with van der Waals surface area (Å²) in [6.45, 7) is 9.86. The van der Waals surface area contributed by atoms with Crippen molar-refractivity contribution in [1.82, 2.24) is 15.1 Å². The minimum Gasteiger partial charge on any atom is -0.497 e. The topological polar surface area (TPSA) is 75.6 Å². The molecule has 1 N–H and O–H groups in total. The van der Waals surface area contributed by atoms with Crippen LogP contribution in [0, 0.1) is 5.92 Å². The number of nitrogens with one attached hydrogen (secondary N) is 1. The van der Waals surface area contributed by atoms with Gasteiger partial charge in [-0.2, -0.15) is 0 Å². The second-order valence-corrected chi connectivity index (χ2v) is 8.00. The molecule has 1 aromatic rings. The van der Waals surface area contributed by atoms with Crippen molar-refractivity contribution in [3.63, 3.8) is 0 Å². The molecule has 0 aromatic heterocycles. The third-order valence-electron chi connectivity index (χ3n) is 5.70. The van der Waals surface area contributed by atoms with Crippen molar-refractivity contribution in [2.75, 3.05) is 59.6 Å². The van der Waals surface area contributed by atoms with Gasteiger partial charge >= 0.3 is 0 Å². The summed E-state index contributed by atoms with van der Waals surface area (Å²) < 4.78 is 16.5. The van der Waals surface area contributed by atoms with Crippen molar-refractivity contribution in [2.45, 2.75) is 32.8 Å². The Morgan fingerprint density at radius 2 is 1.75 bits per heavy atom. The maximum Gasteiger partial charge on any atom is 0.225 e. The number of ether oxygens (including phenoxy) is 3. The molecule has 0 aliphatic carbocycles. The highest BCUT2D eigenvalue weighted by molar-refractivity contribution is 14.0. The van der Waals surface area contributed by atoms with Crippen LogP contribution in [0.3, 0.4) is 0 Å². The number of rotatable bonds is 7. The number of amides is 1. The van der Waals surface area contributed by atoms with Crippen LogP contribution in [0.4, 0.5) is 0 Å². The summed E-state index contributed by atoms with van der Waals surface area (Å²) in [4.78, 5) is 21.8. The van der Waals surface area contributed by atoms with Crippen molar-refractivity contribution < 1.29 is 19.0 Å². The van der Waals surface area contributed by atoms with Crippen molar-refractivity contribution in [3.8, 4) is 11.5 Å². The number of hydrogen-bond acceptors (Lipinski definition) is 5. The number of aliphatic imine (C=N–C) groups is 1. The highest BCUT2D eigenvalue weighted by Crippen LogP contribution is 2.21. The summed E-state index contributed by atoms with van der Waals surface area (Å²) in [5, 5.41) is 3.39. The largest absolute Gasteiger partial charge is 0.497 e. The third-order valence-corrected chi connectivity index (χ3v) is 5.70. The summed E-state index contributed by atoms with van der Waals surface area (Å²) in [6, 6.07) is 7.58. The van der Waals surface area contributed by atoms with Crippen LogP contribution in [0.25, 0.3) is 0 Å². The second kappa shape index (κ2) is 13.7. The minimum atomic E-state index is -0.0533. The van der Waals surface area contributed by atoms with E-state index in [1.165, 1.54) is 0 Å². The van der Waals surface area contributed by atoms with Gasteiger partial charge in [-0.25, -0.2) is 4.99 Å². The molecule has 9 heteroatoms. The first-order valence-electron chi connectivity index (χ1n) is 11.3. The summed E-state index contributed by atoms with van der Waals surface area (Å²) in [7, 11) is 1.65. The molecule has 8 nitrogen and oxygen atoms in total. The Bertz CT molecular complexity index is 717. The third kappa shape index (κ3) is 7.68. The van der Waals surface area contributed by atoms with E-state index in [2.05, 4.69) is 17.1 Å². The normalized spacial score (nSPS) is 18.5. The molecular weight excluding hydrogens is 523 g/mol. The van der Waals surface area contributed by atoms with Gasteiger partial charge in [-0.05, 0) is 51.0 Å². The van der Waals surface area contributed by atoms with Crippen LogP contribution < -0.4 is 14.8 Å². The molecule has 180 valence electrons. The molecular formula is C23H37IN4O4. The van der Waals surface area contributed by atoms with E-state index >= 15 is 0 Å². The van der Waals surface area contributed by atoms with Gasteiger partial charge in [0.25, 0.3) is 0 Å². The number of guanidine groups is 1. The van der Waals surface area contributed by atoms with Gasteiger partial charge in [0.05, 0.1) is 26.9 Å². The molecule has 0 saturated carbocycles. The lowest BCUT2D eigenvalue weighted by atomic mass is 9.95. The molecule has 1 amide bonds. The lowest BCUT2D eigenvalue weighted by Gasteiger charge is -2.36. The first-order valence-corrected chi connectivity index (χ1v) is 11.3. The molecule has 0 radical (unpaired) electrons. The zero-order chi connectivity index (χ0) is 22.1. The Morgan fingerprint density at radius 1 is 1.12 bits per heavy atom. The Kier molecular flexibility index (Phi) is 11.4. The number of nitrogens with zero attached hydrogens (tertiary/aromatic N) is 3. The van der Waals surface area contributed by atoms with Crippen LogP contribution in [-0.4, -0.2) is 87.4 Å². The first-order chi connectivity index (χ1) is 15.1. The number of carbonyl (C=O) groups excluding carboxylic acids is 1. The summed E-state index contributed by atoms with van der Waals surface area (Å²) in [5.41, 5.74) is 0. The molecule has 0 spiro atoms. The number of piperidine rings is 1. The number of methoxy groups -OCH3 is 1. The van der Waals surface area contributed by atoms with Gasteiger partial charge in [0, 0.05) is 38.6 Å². The predicted molar refractivity (Wildman–Crippen MR) is 136 cm³/mol. The Hall–Kier alpha value is -1.75. The van der Waals surface area contributed by atoms with Gasteiger partial charge in [-0.15, -0.1) is 24.0 Å². The lowest BCUT2D eigenvalue weighted by Crippen LogP contribution is -2.50. The highest BCUT2D eigenvalue weighted by Gasteiger charge is 2.30.